The Labute approximate surface area is 112 Å². The molecule has 3 aromatic rings. The lowest BCUT2D eigenvalue weighted by Gasteiger charge is -2.07. The van der Waals surface area contributed by atoms with Crippen LogP contribution in [-0.2, 0) is 0 Å². The summed E-state index contributed by atoms with van der Waals surface area (Å²) in [5.74, 6) is -0.0276. The molecule has 0 unspecified atom stereocenters. The number of benzene rings is 1. The van der Waals surface area contributed by atoms with Crippen LogP contribution in [0.4, 0.5) is 10.1 Å². The van der Waals surface area contributed by atoms with Crippen LogP contribution in [0.5, 0.6) is 0 Å². The third-order valence-electron chi connectivity index (χ3n) is 2.53. The van der Waals surface area contributed by atoms with Gasteiger partial charge in [-0.15, -0.1) is 10.2 Å². The molecule has 0 aliphatic carbocycles. The van der Waals surface area contributed by atoms with Crippen molar-refractivity contribution < 1.29 is 8.81 Å². The van der Waals surface area contributed by atoms with Crippen molar-refractivity contribution in [2.45, 2.75) is 17.0 Å². The molecule has 0 radical (unpaired) electrons. The van der Waals surface area contributed by atoms with E-state index in [-0.39, 0.29) is 5.22 Å². The molecule has 1 aromatic carbocycles. The molecule has 0 amide bonds. The van der Waals surface area contributed by atoms with E-state index in [0.717, 1.165) is 11.8 Å². The van der Waals surface area contributed by atoms with Gasteiger partial charge in [0.05, 0.1) is 10.4 Å². The third-order valence-corrected chi connectivity index (χ3v) is 3.46. The predicted octanol–water partition coefficient (Wildman–Crippen LogP) is 2.80. The Kier molecular flexibility index (Phi) is 2.83. The van der Waals surface area contributed by atoms with Crippen molar-refractivity contribution in [1.29, 1.82) is 0 Å². The van der Waals surface area contributed by atoms with E-state index < -0.39 is 5.82 Å². The smallest absolute Gasteiger partial charge is 0.281 e. The molecule has 5 nitrogen and oxygen atoms in total. The highest BCUT2D eigenvalue weighted by Gasteiger charge is 2.16. The summed E-state index contributed by atoms with van der Waals surface area (Å²) >= 11 is 1.04. The van der Waals surface area contributed by atoms with E-state index >= 15 is 0 Å². The van der Waals surface area contributed by atoms with Gasteiger partial charge in [0, 0.05) is 24.2 Å². The Hall–Kier alpha value is -2.15. The van der Waals surface area contributed by atoms with E-state index in [9.17, 15) is 4.39 Å². The van der Waals surface area contributed by atoms with E-state index in [1.54, 1.807) is 25.3 Å². The number of fused-ring (bicyclic) bond motifs is 1. The lowest BCUT2D eigenvalue weighted by atomic mass is 10.2. The molecule has 0 bridgehead atoms. The fourth-order valence-corrected chi connectivity index (χ4v) is 2.55. The number of rotatable bonds is 2. The second kappa shape index (κ2) is 4.51. The van der Waals surface area contributed by atoms with Crippen LogP contribution in [0.25, 0.3) is 10.9 Å². The van der Waals surface area contributed by atoms with Gasteiger partial charge in [0.1, 0.15) is 5.82 Å². The average Bonchev–Trinajstić information content (AvgIpc) is 2.80. The van der Waals surface area contributed by atoms with Crippen molar-refractivity contribution in [2.75, 3.05) is 5.73 Å². The van der Waals surface area contributed by atoms with Crippen LogP contribution in [0, 0.1) is 12.7 Å². The number of anilines is 1. The lowest BCUT2D eigenvalue weighted by Crippen LogP contribution is -1.94. The minimum Gasteiger partial charge on any atom is -0.416 e. The van der Waals surface area contributed by atoms with Crippen LogP contribution in [0.3, 0.4) is 0 Å². The normalized spacial score (nSPS) is 11.1. The summed E-state index contributed by atoms with van der Waals surface area (Å²) in [5, 5.41) is 8.51. The Bertz CT molecular complexity index is 759. The van der Waals surface area contributed by atoms with Gasteiger partial charge in [-0.3, -0.25) is 4.98 Å². The number of aromatic nitrogens is 3. The maximum atomic E-state index is 14.0. The summed E-state index contributed by atoms with van der Waals surface area (Å²) in [4.78, 5) is 4.50. The van der Waals surface area contributed by atoms with E-state index in [2.05, 4.69) is 15.2 Å². The molecular formula is C12H9FN4OS. The minimum atomic E-state index is -0.454. The van der Waals surface area contributed by atoms with Crippen molar-refractivity contribution in [3.05, 3.63) is 36.1 Å². The van der Waals surface area contributed by atoms with Gasteiger partial charge < -0.3 is 10.2 Å². The van der Waals surface area contributed by atoms with Gasteiger partial charge in [-0.05, 0) is 30.0 Å². The Balaban J connectivity index is 2.17. The van der Waals surface area contributed by atoms with Gasteiger partial charge in [0.25, 0.3) is 5.22 Å². The highest BCUT2D eigenvalue weighted by Crippen LogP contribution is 2.36. The van der Waals surface area contributed by atoms with Crippen LogP contribution in [0.1, 0.15) is 5.89 Å². The first-order chi connectivity index (χ1) is 9.15. The van der Waals surface area contributed by atoms with Crippen LogP contribution in [-0.4, -0.2) is 15.2 Å². The maximum Gasteiger partial charge on any atom is 0.281 e. The Morgan fingerprint density at radius 2 is 2.21 bits per heavy atom. The van der Waals surface area contributed by atoms with E-state index in [4.69, 9.17) is 10.2 Å². The number of halogens is 1. The number of aryl methyl sites for hydroxylation is 1. The fourth-order valence-electron chi connectivity index (χ4n) is 1.72. The first kappa shape index (κ1) is 11.9. The fraction of sp³-hybridized carbons (Fsp3) is 0.0833. The van der Waals surface area contributed by atoms with Gasteiger partial charge in [-0.1, -0.05) is 0 Å². The number of nitrogen functional groups attached to an aromatic ring is 1. The summed E-state index contributed by atoms with van der Waals surface area (Å²) < 4.78 is 19.3. The molecule has 0 saturated heterocycles. The number of hydrogen-bond donors (Lipinski definition) is 1. The van der Waals surface area contributed by atoms with E-state index in [1.165, 1.54) is 6.07 Å². The average molecular weight is 276 g/mol. The monoisotopic (exact) mass is 276 g/mol. The summed E-state index contributed by atoms with van der Waals surface area (Å²) in [6.07, 6.45) is 1.59. The lowest BCUT2D eigenvalue weighted by molar-refractivity contribution is 0.429. The number of hydrogen-bond acceptors (Lipinski definition) is 6. The zero-order valence-electron chi connectivity index (χ0n) is 9.92. The molecule has 0 atom stereocenters. The molecule has 96 valence electrons. The van der Waals surface area contributed by atoms with Gasteiger partial charge in [0.15, 0.2) is 0 Å². The third kappa shape index (κ3) is 2.12. The molecule has 0 aliphatic rings. The molecule has 0 saturated carbocycles. The summed E-state index contributed by atoms with van der Waals surface area (Å²) in [7, 11) is 0. The molecule has 0 aliphatic heterocycles. The van der Waals surface area contributed by atoms with Crippen LogP contribution in [0.2, 0.25) is 0 Å². The second-order valence-electron chi connectivity index (χ2n) is 3.87. The maximum absolute atomic E-state index is 14.0. The quantitative estimate of drug-likeness (QED) is 0.725. The van der Waals surface area contributed by atoms with Crippen LogP contribution in [0.15, 0.2) is 38.9 Å². The molecule has 3 rings (SSSR count). The van der Waals surface area contributed by atoms with Crippen molar-refractivity contribution in [3.63, 3.8) is 0 Å². The Morgan fingerprint density at radius 1 is 1.37 bits per heavy atom. The van der Waals surface area contributed by atoms with Gasteiger partial charge >= 0.3 is 0 Å². The van der Waals surface area contributed by atoms with E-state index in [0.29, 0.717) is 27.4 Å². The number of pyridine rings is 1. The second-order valence-corrected chi connectivity index (χ2v) is 4.83. The molecule has 2 aromatic heterocycles. The van der Waals surface area contributed by atoms with Crippen molar-refractivity contribution in [1.82, 2.24) is 15.2 Å². The van der Waals surface area contributed by atoms with Crippen molar-refractivity contribution in [2.24, 2.45) is 0 Å². The number of nitrogens with two attached hydrogens (primary N) is 1. The minimum absolute atomic E-state index is 0.271. The predicted molar refractivity (Wildman–Crippen MR) is 69.3 cm³/mol. The summed E-state index contributed by atoms with van der Waals surface area (Å²) in [5.41, 5.74) is 6.62. The van der Waals surface area contributed by atoms with Crippen molar-refractivity contribution >= 4 is 28.4 Å². The van der Waals surface area contributed by atoms with Crippen LogP contribution < -0.4 is 5.73 Å². The Morgan fingerprint density at radius 3 is 2.95 bits per heavy atom. The topological polar surface area (TPSA) is 77.8 Å². The summed E-state index contributed by atoms with van der Waals surface area (Å²) in [6, 6.07) is 4.82. The van der Waals surface area contributed by atoms with E-state index in [1.807, 2.05) is 0 Å². The molecular weight excluding hydrogens is 267 g/mol. The largest absolute Gasteiger partial charge is 0.416 e. The molecule has 19 heavy (non-hydrogen) atoms. The number of nitrogens with zero attached hydrogens (tertiary/aromatic N) is 3. The molecule has 7 heteroatoms. The molecule has 2 N–H and O–H groups in total. The highest BCUT2D eigenvalue weighted by molar-refractivity contribution is 7.99. The zero-order chi connectivity index (χ0) is 13.4. The first-order valence-electron chi connectivity index (χ1n) is 5.46. The molecule has 0 spiro atoms. The highest BCUT2D eigenvalue weighted by atomic mass is 32.2. The van der Waals surface area contributed by atoms with Crippen molar-refractivity contribution in [3.8, 4) is 0 Å². The van der Waals surface area contributed by atoms with Gasteiger partial charge in [0.2, 0.25) is 5.89 Å². The molecule has 2 heterocycles. The van der Waals surface area contributed by atoms with Gasteiger partial charge in [-0.25, -0.2) is 4.39 Å². The zero-order valence-corrected chi connectivity index (χ0v) is 10.7. The SMILES string of the molecule is Cc1nnc(Sc2c(F)cc(N)c3cccnc23)o1. The van der Waals surface area contributed by atoms with Gasteiger partial charge in [-0.2, -0.15) is 0 Å². The standard InChI is InChI=1S/C12H9FN4OS/c1-6-16-17-12(18-6)19-11-8(13)5-9(14)7-3-2-4-15-10(7)11/h2-5H,14H2,1H3. The summed E-state index contributed by atoms with van der Waals surface area (Å²) in [6.45, 7) is 1.67. The van der Waals surface area contributed by atoms with Crippen LogP contribution >= 0.6 is 11.8 Å². The molecule has 0 fully saturated rings. The first-order valence-corrected chi connectivity index (χ1v) is 6.27.